The number of nitrogens with zero attached hydrogens (tertiary/aromatic N) is 1. The topological polar surface area (TPSA) is 66.8 Å². The Balaban J connectivity index is 2.70. The highest BCUT2D eigenvalue weighted by atomic mass is 79.9. The van der Waals surface area contributed by atoms with Gasteiger partial charge >= 0.3 is 5.97 Å². The Kier molecular flexibility index (Phi) is 6.68. The predicted molar refractivity (Wildman–Crippen MR) is 83.5 cm³/mol. The van der Waals surface area contributed by atoms with Crippen molar-refractivity contribution < 1.29 is 19.4 Å². The first-order valence-corrected chi connectivity index (χ1v) is 7.54. The molecule has 1 N–H and O–H groups in total. The number of benzene rings is 1. The molecule has 1 rings (SSSR count). The SMILES string of the molecule is CCC(C)N(CC(=O)O)C(=O)COc1ccc(C)cc1Br. The summed E-state index contributed by atoms with van der Waals surface area (Å²) in [5, 5.41) is 8.89. The molecule has 0 saturated carbocycles. The third-order valence-electron chi connectivity index (χ3n) is 3.19. The second-order valence-electron chi connectivity index (χ2n) is 4.90. The van der Waals surface area contributed by atoms with E-state index >= 15 is 0 Å². The zero-order chi connectivity index (χ0) is 16.0. The molecule has 5 nitrogen and oxygen atoms in total. The summed E-state index contributed by atoms with van der Waals surface area (Å²) in [4.78, 5) is 24.3. The molecule has 1 atom stereocenters. The molecular weight excluding hydrogens is 338 g/mol. The van der Waals surface area contributed by atoms with E-state index in [1.807, 2.05) is 32.9 Å². The summed E-state index contributed by atoms with van der Waals surface area (Å²) in [7, 11) is 0. The summed E-state index contributed by atoms with van der Waals surface area (Å²) in [5.41, 5.74) is 1.08. The maximum Gasteiger partial charge on any atom is 0.323 e. The number of rotatable bonds is 7. The fraction of sp³-hybridized carbons (Fsp3) is 0.467. The van der Waals surface area contributed by atoms with Crippen LogP contribution in [-0.4, -0.2) is 41.1 Å². The lowest BCUT2D eigenvalue weighted by Crippen LogP contribution is -2.44. The van der Waals surface area contributed by atoms with E-state index < -0.39 is 5.97 Å². The van der Waals surface area contributed by atoms with Gasteiger partial charge in [-0.2, -0.15) is 0 Å². The minimum atomic E-state index is -1.03. The Hall–Kier alpha value is -1.56. The zero-order valence-corrected chi connectivity index (χ0v) is 14.0. The first kappa shape index (κ1) is 17.5. The van der Waals surface area contributed by atoms with Crippen LogP contribution in [0.5, 0.6) is 5.75 Å². The smallest absolute Gasteiger partial charge is 0.323 e. The minimum absolute atomic E-state index is 0.140. The van der Waals surface area contributed by atoms with Crippen LogP contribution in [0.25, 0.3) is 0 Å². The summed E-state index contributed by atoms with van der Waals surface area (Å²) in [5.74, 6) is -0.798. The number of aliphatic carboxylic acids is 1. The van der Waals surface area contributed by atoms with Crippen LogP contribution in [0.15, 0.2) is 22.7 Å². The Morgan fingerprint density at radius 3 is 2.62 bits per heavy atom. The van der Waals surface area contributed by atoms with Gasteiger partial charge in [-0.1, -0.05) is 13.0 Å². The summed E-state index contributed by atoms with van der Waals surface area (Å²) in [6, 6.07) is 5.41. The van der Waals surface area contributed by atoms with Crippen molar-refractivity contribution in [2.45, 2.75) is 33.2 Å². The Morgan fingerprint density at radius 1 is 1.43 bits per heavy atom. The van der Waals surface area contributed by atoms with E-state index in [0.29, 0.717) is 12.2 Å². The molecule has 1 aromatic carbocycles. The molecule has 116 valence electrons. The molecule has 0 bridgehead atoms. The van der Waals surface area contributed by atoms with Crippen LogP contribution in [0.4, 0.5) is 0 Å². The molecule has 0 aliphatic carbocycles. The van der Waals surface area contributed by atoms with Crippen molar-refractivity contribution in [2.75, 3.05) is 13.2 Å². The maximum absolute atomic E-state index is 12.2. The van der Waals surface area contributed by atoms with Crippen molar-refractivity contribution in [3.05, 3.63) is 28.2 Å². The second kappa shape index (κ2) is 8.02. The molecule has 0 aromatic heterocycles. The standard InChI is InChI=1S/C15H20BrNO4/c1-4-11(3)17(8-15(19)20)14(18)9-21-13-6-5-10(2)7-12(13)16/h5-7,11H,4,8-9H2,1-3H3,(H,19,20). The number of carbonyl (C=O) groups is 2. The monoisotopic (exact) mass is 357 g/mol. The Bertz CT molecular complexity index is 518. The number of aryl methyl sites for hydroxylation is 1. The predicted octanol–water partition coefficient (Wildman–Crippen LogP) is 2.85. The van der Waals surface area contributed by atoms with Crippen molar-refractivity contribution in [1.29, 1.82) is 0 Å². The van der Waals surface area contributed by atoms with Crippen LogP contribution in [0, 0.1) is 6.92 Å². The fourth-order valence-corrected chi connectivity index (χ4v) is 2.41. The van der Waals surface area contributed by atoms with Crippen LogP contribution in [0.1, 0.15) is 25.8 Å². The highest BCUT2D eigenvalue weighted by molar-refractivity contribution is 9.10. The first-order chi connectivity index (χ1) is 9.85. The third-order valence-corrected chi connectivity index (χ3v) is 3.81. The van der Waals surface area contributed by atoms with E-state index in [1.54, 1.807) is 6.07 Å². The van der Waals surface area contributed by atoms with E-state index in [2.05, 4.69) is 15.9 Å². The second-order valence-corrected chi connectivity index (χ2v) is 5.75. The van der Waals surface area contributed by atoms with Gasteiger partial charge in [-0.05, 0) is 53.9 Å². The van der Waals surface area contributed by atoms with E-state index in [1.165, 1.54) is 4.90 Å². The quantitative estimate of drug-likeness (QED) is 0.814. The number of carbonyl (C=O) groups excluding carboxylic acids is 1. The molecule has 0 spiro atoms. The number of halogens is 1. The molecular formula is C15H20BrNO4. The lowest BCUT2D eigenvalue weighted by molar-refractivity contribution is -0.147. The lowest BCUT2D eigenvalue weighted by atomic mass is 10.2. The molecule has 6 heteroatoms. The van der Waals surface area contributed by atoms with Crippen LogP contribution >= 0.6 is 15.9 Å². The van der Waals surface area contributed by atoms with Crippen LogP contribution < -0.4 is 4.74 Å². The molecule has 1 aromatic rings. The van der Waals surface area contributed by atoms with Gasteiger partial charge in [0.05, 0.1) is 4.47 Å². The Morgan fingerprint density at radius 2 is 2.10 bits per heavy atom. The van der Waals surface area contributed by atoms with Crippen LogP contribution in [-0.2, 0) is 9.59 Å². The summed E-state index contributed by atoms with van der Waals surface area (Å²) >= 11 is 3.37. The highest BCUT2D eigenvalue weighted by Gasteiger charge is 2.22. The molecule has 0 aliphatic heterocycles. The van der Waals surface area contributed by atoms with Crippen molar-refractivity contribution in [1.82, 2.24) is 4.90 Å². The van der Waals surface area contributed by atoms with Crippen LogP contribution in [0.3, 0.4) is 0 Å². The lowest BCUT2D eigenvalue weighted by Gasteiger charge is -2.26. The molecule has 21 heavy (non-hydrogen) atoms. The molecule has 1 amide bonds. The largest absolute Gasteiger partial charge is 0.483 e. The normalized spacial score (nSPS) is 11.8. The van der Waals surface area contributed by atoms with Crippen molar-refractivity contribution in [2.24, 2.45) is 0 Å². The van der Waals surface area contributed by atoms with E-state index in [9.17, 15) is 9.59 Å². The van der Waals surface area contributed by atoms with Crippen molar-refractivity contribution in [3.63, 3.8) is 0 Å². The van der Waals surface area contributed by atoms with Gasteiger partial charge in [0.2, 0.25) is 0 Å². The summed E-state index contributed by atoms with van der Waals surface area (Å²) < 4.78 is 6.25. The number of hydrogen-bond donors (Lipinski definition) is 1. The zero-order valence-electron chi connectivity index (χ0n) is 12.4. The van der Waals surface area contributed by atoms with Gasteiger partial charge < -0.3 is 14.7 Å². The van der Waals surface area contributed by atoms with Crippen molar-refractivity contribution >= 4 is 27.8 Å². The number of ether oxygens (including phenoxy) is 1. The van der Waals surface area contributed by atoms with Gasteiger partial charge in [0.1, 0.15) is 12.3 Å². The van der Waals surface area contributed by atoms with Gasteiger partial charge in [-0.3, -0.25) is 9.59 Å². The number of carboxylic acids is 1. The Labute approximate surface area is 133 Å². The third kappa shape index (κ3) is 5.38. The van der Waals surface area contributed by atoms with Gasteiger partial charge in [0.25, 0.3) is 5.91 Å². The molecule has 1 unspecified atom stereocenters. The average Bonchev–Trinajstić information content (AvgIpc) is 2.42. The fourth-order valence-electron chi connectivity index (χ4n) is 1.80. The molecule has 0 aliphatic rings. The number of carboxylic acid groups (broad SMARTS) is 1. The van der Waals surface area contributed by atoms with Gasteiger partial charge in [-0.25, -0.2) is 0 Å². The summed E-state index contributed by atoms with van der Waals surface area (Å²) in [6.45, 7) is 5.19. The van der Waals surface area contributed by atoms with E-state index in [4.69, 9.17) is 9.84 Å². The molecule has 0 heterocycles. The van der Waals surface area contributed by atoms with Gasteiger partial charge in [0.15, 0.2) is 6.61 Å². The summed E-state index contributed by atoms with van der Waals surface area (Å²) in [6.07, 6.45) is 0.688. The van der Waals surface area contributed by atoms with Crippen molar-refractivity contribution in [3.8, 4) is 5.75 Å². The van der Waals surface area contributed by atoms with Gasteiger partial charge in [-0.15, -0.1) is 0 Å². The highest BCUT2D eigenvalue weighted by Crippen LogP contribution is 2.25. The maximum atomic E-state index is 12.2. The molecule has 0 saturated heterocycles. The number of hydrogen-bond acceptors (Lipinski definition) is 3. The first-order valence-electron chi connectivity index (χ1n) is 6.75. The van der Waals surface area contributed by atoms with E-state index in [0.717, 1.165) is 10.0 Å². The number of amides is 1. The molecule has 0 radical (unpaired) electrons. The van der Waals surface area contributed by atoms with E-state index in [-0.39, 0.29) is 25.1 Å². The minimum Gasteiger partial charge on any atom is -0.483 e. The average molecular weight is 358 g/mol. The van der Waals surface area contributed by atoms with Crippen LogP contribution in [0.2, 0.25) is 0 Å². The molecule has 0 fully saturated rings. The van der Waals surface area contributed by atoms with Gasteiger partial charge in [0, 0.05) is 6.04 Å².